The van der Waals surface area contributed by atoms with Crippen LogP contribution in [0.3, 0.4) is 0 Å². The minimum atomic E-state index is -0.296. The van der Waals surface area contributed by atoms with Gasteiger partial charge in [0.2, 0.25) is 0 Å². The van der Waals surface area contributed by atoms with Crippen LogP contribution in [0.25, 0.3) is 0 Å². The van der Waals surface area contributed by atoms with E-state index < -0.39 is 0 Å². The van der Waals surface area contributed by atoms with E-state index in [1.165, 1.54) is 6.40 Å². The molecule has 5 heteroatoms. The molecular formula is C6H10N2O3. The van der Waals surface area contributed by atoms with Crippen molar-refractivity contribution in [3.8, 4) is 0 Å². The highest BCUT2D eigenvalue weighted by Crippen LogP contribution is 1.82. The monoisotopic (exact) mass is 158 g/mol. The molecule has 1 amide bonds. The van der Waals surface area contributed by atoms with Crippen LogP contribution < -0.4 is 5.32 Å². The number of nitrogens with zero attached hydrogens (tertiary/aromatic N) is 1. The van der Waals surface area contributed by atoms with Gasteiger partial charge < -0.3 is 14.8 Å². The van der Waals surface area contributed by atoms with Crippen LogP contribution in [0.4, 0.5) is 4.79 Å². The molecule has 11 heavy (non-hydrogen) atoms. The fourth-order valence-corrected chi connectivity index (χ4v) is 0.611. The first kappa shape index (κ1) is 7.84. The molecule has 5 nitrogen and oxygen atoms in total. The molecule has 1 fully saturated rings. The van der Waals surface area contributed by atoms with Gasteiger partial charge in [-0.15, -0.1) is 0 Å². The van der Waals surface area contributed by atoms with E-state index in [0.29, 0.717) is 13.2 Å². The van der Waals surface area contributed by atoms with Crippen LogP contribution in [-0.2, 0) is 9.47 Å². The van der Waals surface area contributed by atoms with Crippen molar-refractivity contribution >= 4 is 12.5 Å². The average molecular weight is 158 g/mol. The summed E-state index contributed by atoms with van der Waals surface area (Å²) in [6, 6.07) is 0. The fraction of sp³-hybridized carbons (Fsp3) is 0.667. The number of rotatable bonds is 0. The summed E-state index contributed by atoms with van der Waals surface area (Å²) in [6.07, 6.45) is 1.19. The zero-order chi connectivity index (χ0) is 7.94. The molecule has 1 saturated heterocycles. The van der Waals surface area contributed by atoms with Gasteiger partial charge in [0.1, 0.15) is 13.2 Å². The zero-order valence-electron chi connectivity index (χ0n) is 6.08. The van der Waals surface area contributed by atoms with E-state index in [0.717, 1.165) is 13.2 Å². The Morgan fingerprint density at radius 3 is 2.64 bits per heavy atom. The molecule has 2 heterocycles. The summed E-state index contributed by atoms with van der Waals surface area (Å²) in [5.74, 6) is 0. The lowest BCUT2D eigenvalue weighted by Crippen LogP contribution is -2.11. The van der Waals surface area contributed by atoms with Gasteiger partial charge in [0, 0.05) is 0 Å². The van der Waals surface area contributed by atoms with E-state index >= 15 is 0 Å². The molecule has 0 spiro atoms. The maximum atomic E-state index is 9.91. The minimum absolute atomic E-state index is 0.296. The summed E-state index contributed by atoms with van der Waals surface area (Å²) < 4.78 is 9.06. The molecule has 0 aromatic rings. The molecule has 1 N–H and O–H groups in total. The highest BCUT2D eigenvalue weighted by atomic mass is 16.6. The Morgan fingerprint density at radius 1 is 1.55 bits per heavy atom. The van der Waals surface area contributed by atoms with E-state index in [9.17, 15) is 4.79 Å². The van der Waals surface area contributed by atoms with Gasteiger partial charge in [-0.2, -0.15) is 0 Å². The second kappa shape index (κ2) is 4.54. The topological polar surface area (TPSA) is 59.9 Å². The highest BCUT2D eigenvalue weighted by molar-refractivity contribution is 5.68. The lowest BCUT2D eigenvalue weighted by Gasteiger charge is -1.80. The lowest BCUT2D eigenvalue weighted by molar-refractivity contribution is 0.178. The maximum absolute atomic E-state index is 9.91. The highest BCUT2D eigenvalue weighted by Gasteiger charge is 2.06. The second-order valence-corrected chi connectivity index (χ2v) is 1.95. The third kappa shape index (κ3) is 3.44. The van der Waals surface area contributed by atoms with E-state index in [-0.39, 0.29) is 6.09 Å². The molecular weight excluding hydrogens is 148 g/mol. The summed E-state index contributed by atoms with van der Waals surface area (Å²) in [6.45, 7) is 2.82. The van der Waals surface area contributed by atoms with Gasteiger partial charge >= 0.3 is 6.09 Å². The van der Waals surface area contributed by atoms with E-state index in [1.807, 2.05) is 0 Å². The van der Waals surface area contributed by atoms with Crippen molar-refractivity contribution in [2.24, 2.45) is 4.99 Å². The Morgan fingerprint density at radius 2 is 2.45 bits per heavy atom. The van der Waals surface area contributed by atoms with Crippen LogP contribution in [0.15, 0.2) is 4.99 Å². The second-order valence-electron chi connectivity index (χ2n) is 1.95. The molecule has 0 radical (unpaired) electrons. The molecule has 0 bridgehead atoms. The number of cyclic esters (lactones) is 1. The first-order valence-electron chi connectivity index (χ1n) is 3.40. The van der Waals surface area contributed by atoms with Crippen molar-refractivity contribution in [3.05, 3.63) is 0 Å². The molecule has 0 aliphatic carbocycles. The predicted molar refractivity (Wildman–Crippen MR) is 38.7 cm³/mol. The number of hydrogen-bond acceptors (Lipinski definition) is 4. The van der Waals surface area contributed by atoms with Crippen LogP contribution in [0.5, 0.6) is 0 Å². The van der Waals surface area contributed by atoms with Crippen LogP contribution in [0.1, 0.15) is 0 Å². The van der Waals surface area contributed by atoms with Crippen molar-refractivity contribution < 1.29 is 14.3 Å². The van der Waals surface area contributed by atoms with E-state index in [4.69, 9.17) is 0 Å². The van der Waals surface area contributed by atoms with Crippen LogP contribution in [-0.4, -0.2) is 38.8 Å². The average Bonchev–Trinajstić information content (AvgIpc) is 2.57. The van der Waals surface area contributed by atoms with E-state index in [2.05, 4.69) is 19.8 Å². The van der Waals surface area contributed by atoms with Crippen molar-refractivity contribution in [3.63, 3.8) is 0 Å². The van der Waals surface area contributed by atoms with Gasteiger partial charge in [-0.1, -0.05) is 0 Å². The maximum Gasteiger partial charge on any atom is 0.407 e. The number of nitrogens with one attached hydrogen (secondary N) is 1. The Labute approximate surface area is 64.4 Å². The van der Waals surface area contributed by atoms with Crippen molar-refractivity contribution in [2.75, 3.05) is 26.3 Å². The normalized spacial score (nSPS) is 19.5. The standard InChI is InChI=1S/C3H5NO2.C3H5NO/c5-3-4-1-2-6-3;1-2-5-3-4-1/h1-2H2,(H,4,5);3H,1-2H2. The van der Waals surface area contributed by atoms with Crippen LogP contribution in [0, 0.1) is 0 Å². The Hall–Kier alpha value is -1.26. The summed E-state index contributed by atoms with van der Waals surface area (Å²) in [5.41, 5.74) is 0. The van der Waals surface area contributed by atoms with Gasteiger partial charge in [-0.3, -0.25) is 4.99 Å². The van der Waals surface area contributed by atoms with Crippen molar-refractivity contribution in [2.45, 2.75) is 0 Å². The van der Waals surface area contributed by atoms with Crippen LogP contribution in [0.2, 0.25) is 0 Å². The predicted octanol–water partition coefficient (Wildman–Crippen LogP) is -0.229. The van der Waals surface area contributed by atoms with Crippen LogP contribution >= 0.6 is 0 Å². The van der Waals surface area contributed by atoms with Gasteiger partial charge in [0.25, 0.3) is 0 Å². The lowest BCUT2D eigenvalue weighted by atomic mass is 10.7. The number of ether oxygens (including phenoxy) is 2. The Balaban J connectivity index is 0.000000112. The first-order chi connectivity index (χ1) is 5.39. The number of alkyl carbamates (subject to hydrolysis) is 1. The summed E-state index contributed by atoms with van der Waals surface area (Å²) >= 11 is 0. The SMILES string of the molecule is C1=NCCO1.O=C1NCCO1. The molecule has 0 saturated carbocycles. The van der Waals surface area contributed by atoms with Crippen molar-refractivity contribution in [1.29, 1.82) is 0 Å². The molecule has 0 aromatic carbocycles. The third-order valence-electron chi connectivity index (χ3n) is 1.09. The zero-order valence-corrected chi connectivity index (χ0v) is 6.08. The first-order valence-corrected chi connectivity index (χ1v) is 3.40. The number of carbonyl (C=O) groups excluding carboxylic acids is 1. The van der Waals surface area contributed by atoms with Gasteiger partial charge in [-0.05, 0) is 0 Å². The molecule has 62 valence electrons. The number of carbonyl (C=O) groups is 1. The molecule has 0 atom stereocenters. The summed E-state index contributed by atoms with van der Waals surface area (Å²) in [5, 5.41) is 2.46. The largest absolute Gasteiger partial charge is 0.482 e. The Bertz CT molecular complexity index is 144. The molecule has 2 aliphatic rings. The van der Waals surface area contributed by atoms with Crippen molar-refractivity contribution in [1.82, 2.24) is 5.32 Å². The quantitative estimate of drug-likeness (QED) is 0.529. The van der Waals surface area contributed by atoms with Gasteiger partial charge in [0.05, 0.1) is 13.1 Å². The number of aliphatic imine (C=N–C) groups is 1. The smallest absolute Gasteiger partial charge is 0.407 e. The third-order valence-corrected chi connectivity index (χ3v) is 1.09. The van der Waals surface area contributed by atoms with Gasteiger partial charge in [-0.25, -0.2) is 4.79 Å². The summed E-state index contributed by atoms with van der Waals surface area (Å²) in [4.78, 5) is 13.6. The number of amides is 1. The molecule has 0 aromatic heterocycles. The Kier molecular flexibility index (Phi) is 3.24. The summed E-state index contributed by atoms with van der Waals surface area (Å²) in [7, 11) is 0. The molecule has 2 rings (SSSR count). The van der Waals surface area contributed by atoms with Gasteiger partial charge in [0.15, 0.2) is 6.40 Å². The number of hydrogen-bond donors (Lipinski definition) is 1. The molecule has 0 unspecified atom stereocenters. The molecule has 2 aliphatic heterocycles. The van der Waals surface area contributed by atoms with E-state index in [1.54, 1.807) is 0 Å². The fourth-order valence-electron chi connectivity index (χ4n) is 0.611. The minimum Gasteiger partial charge on any atom is -0.482 e.